The van der Waals surface area contributed by atoms with Crippen LogP contribution in [0, 0.1) is 29.6 Å². The Hall–Kier alpha value is -2.53. The highest BCUT2D eigenvalue weighted by Gasteiger charge is 2.52. The molecular weight excluding hydrogens is 502 g/mol. The lowest BCUT2D eigenvalue weighted by Crippen LogP contribution is -2.52. The summed E-state index contributed by atoms with van der Waals surface area (Å²) < 4.78 is 80.1. The van der Waals surface area contributed by atoms with Gasteiger partial charge in [0.1, 0.15) is 23.0 Å². The van der Waals surface area contributed by atoms with Crippen LogP contribution in [0.15, 0.2) is 48.5 Å². The molecule has 0 aliphatic heterocycles. The normalized spacial score (nSPS) is 29.7. The third-order valence-electron chi connectivity index (χ3n) is 7.18. The summed E-state index contributed by atoms with van der Waals surface area (Å²) in [4.78, 5) is 0. The predicted molar refractivity (Wildman–Crippen MR) is 126 cm³/mol. The topological polar surface area (TPSA) is 88.1 Å². The Morgan fingerprint density at radius 2 is 1.09 bits per heavy atom. The van der Waals surface area contributed by atoms with Crippen molar-refractivity contribution < 1.29 is 38.2 Å². The number of benzene rings is 2. The number of ether oxygens (including phenoxy) is 2. The molecule has 0 spiro atoms. The summed E-state index contributed by atoms with van der Waals surface area (Å²) in [6.07, 6.45) is 5.24. The third-order valence-corrected chi connectivity index (χ3v) is 8.02. The van der Waals surface area contributed by atoms with Crippen LogP contribution < -0.4 is 17.8 Å². The van der Waals surface area contributed by atoms with Gasteiger partial charge in [-0.2, -0.15) is 12.6 Å². The Morgan fingerprint density at radius 3 is 1.49 bits per heavy atom. The highest BCUT2D eigenvalue weighted by molar-refractivity contribution is 7.91. The maximum atomic E-state index is 13.2. The zero-order valence-electron chi connectivity index (χ0n) is 18.8. The molecule has 2 aromatic carbocycles. The molecule has 2 atom stereocenters. The van der Waals surface area contributed by atoms with Gasteiger partial charge in [-0.15, -0.1) is 3.89 Å². The third kappa shape index (κ3) is 6.00. The van der Waals surface area contributed by atoms with Crippen LogP contribution in [0.25, 0.3) is 0 Å². The summed E-state index contributed by atoms with van der Waals surface area (Å²) in [5.41, 5.74) is 0. The smallest absolute Gasteiger partial charge is 0.455 e. The van der Waals surface area contributed by atoms with E-state index in [0.717, 1.165) is 37.5 Å². The molecule has 2 unspecified atom stereocenters. The van der Waals surface area contributed by atoms with E-state index in [1.807, 2.05) is 0 Å². The fourth-order valence-corrected chi connectivity index (χ4v) is 7.01. The first-order valence-electron chi connectivity index (χ1n) is 11.4. The molecule has 2 aromatic rings. The van der Waals surface area contributed by atoms with Gasteiger partial charge in [-0.25, -0.2) is 0 Å². The predicted octanol–water partition coefficient (Wildman–Crippen LogP) is 5.03. The lowest BCUT2D eigenvalue weighted by molar-refractivity contribution is -0.144. The van der Waals surface area contributed by atoms with E-state index >= 15 is 0 Å². The van der Waals surface area contributed by atoms with Crippen LogP contribution in [0.2, 0.25) is 0 Å². The number of rotatable bonds is 9. The van der Waals surface area contributed by atoms with E-state index in [1.54, 1.807) is 12.1 Å². The van der Waals surface area contributed by atoms with Crippen molar-refractivity contribution in [2.75, 3.05) is 0 Å². The maximum absolute atomic E-state index is 13.2. The molecule has 11 heteroatoms. The molecular formula is C24H26F2O7S2. The molecule has 0 saturated heterocycles. The Morgan fingerprint density at radius 1 is 0.686 bits per heavy atom. The quantitative estimate of drug-likeness (QED) is 0.256. The Labute approximate surface area is 204 Å². The van der Waals surface area contributed by atoms with Gasteiger partial charge in [-0.1, -0.05) is 3.89 Å². The summed E-state index contributed by atoms with van der Waals surface area (Å²) in [6.45, 7) is 0. The molecule has 4 fully saturated rings. The van der Waals surface area contributed by atoms with Crippen molar-refractivity contribution in [2.45, 2.75) is 38.4 Å². The van der Waals surface area contributed by atoms with Crippen molar-refractivity contribution in [1.82, 2.24) is 0 Å². The largest absolute Gasteiger partial charge is 0.488 e. The van der Waals surface area contributed by atoms with Gasteiger partial charge in [0.2, 0.25) is 6.29 Å². The lowest BCUT2D eigenvalue weighted by Gasteiger charge is -2.55. The van der Waals surface area contributed by atoms with Crippen LogP contribution in [0.4, 0.5) is 7.77 Å². The standard InChI is InChI=1S/C24H26F2O7S2/c1-34(25,27)32-21-6-2-19(3-7-21)30-24(23-17-11-15-10-16(13-17)14-18(23)12-15)31-20-4-8-22(9-5-20)33-35(26,28)29/h2-9,15-18,23-24H,1,10-14H2. The molecule has 0 amide bonds. The monoisotopic (exact) mass is 528 g/mol. The SMILES string of the molecule is C=S(=O)(F)Oc1ccc(OC(Oc2ccc(OS(=O)(=O)F)cc2)C2C3CC4CC(C3)CC2C4)cc1. The molecule has 35 heavy (non-hydrogen) atoms. The molecule has 6 rings (SSSR count). The molecule has 190 valence electrons. The van der Waals surface area contributed by atoms with Crippen molar-refractivity contribution in [3.8, 4) is 23.0 Å². The van der Waals surface area contributed by atoms with E-state index in [2.05, 4.69) is 14.2 Å². The Kier molecular flexibility index (Phi) is 6.33. The van der Waals surface area contributed by atoms with E-state index in [1.165, 1.54) is 42.8 Å². The van der Waals surface area contributed by atoms with Crippen LogP contribution in [0.1, 0.15) is 32.1 Å². The summed E-state index contributed by atoms with van der Waals surface area (Å²) in [5.74, 6) is 6.22. The number of hydrogen-bond acceptors (Lipinski definition) is 7. The van der Waals surface area contributed by atoms with Crippen LogP contribution >= 0.6 is 0 Å². The maximum Gasteiger partial charge on any atom is 0.488 e. The number of hydrogen-bond donors (Lipinski definition) is 0. The second-order valence-electron chi connectivity index (χ2n) is 9.65. The van der Waals surface area contributed by atoms with Crippen molar-refractivity contribution in [3.63, 3.8) is 0 Å². The average molecular weight is 529 g/mol. The van der Waals surface area contributed by atoms with Crippen LogP contribution in [0.5, 0.6) is 23.0 Å². The van der Waals surface area contributed by atoms with Crippen LogP contribution in [0.3, 0.4) is 0 Å². The first kappa shape index (κ1) is 24.2. The second kappa shape index (κ2) is 9.16. The summed E-state index contributed by atoms with van der Waals surface area (Å²) in [5, 5.41) is 0. The lowest BCUT2D eigenvalue weighted by atomic mass is 9.51. The van der Waals surface area contributed by atoms with E-state index < -0.39 is 27.0 Å². The van der Waals surface area contributed by atoms with Gasteiger partial charge in [0.15, 0.2) is 0 Å². The second-order valence-corrected chi connectivity index (χ2v) is 11.9. The molecule has 0 aromatic heterocycles. The highest BCUT2D eigenvalue weighted by Crippen LogP contribution is 2.57. The van der Waals surface area contributed by atoms with Gasteiger partial charge in [-0.3, -0.25) is 0 Å². The molecule has 4 aliphatic rings. The molecule has 4 saturated carbocycles. The Bertz CT molecular complexity index is 1150. The zero-order valence-corrected chi connectivity index (χ0v) is 20.4. The minimum absolute atomic E-state index is 0.0605. The summed E-state index contributed by atoms with van der Waals surface area (Å²) in [7, 11) is -9.25. The van der Waals surface area contributed by atoms with E-state index in [-0.39, 0.29) is 17.4 Å². The molecule has 0 heterocycles. The van der Waals surface area contributed by atoms with Gasteiger partial charge in [-0.05, 0) is 104 Å². The fourth-order valence-electron chi connectivity index (χ4n) is 6.27. The van der Waals surface area contributed by atoms with Crippen molar-refractivity contribution >= 4 is 26.6 Å². The van der Waals surface area contributed by atoms with E-state index in [9.17, 15) is 20.4 Å². The van der Waals surface area contributed by atoms with Gasteiger partial charge < -0.3 is 17.8 Å². The molecule has 0 N–H and O–H groups in total. The van der Waals surface area contributed by atoms with Crippen LogP contribution in [-0.2, 0) is 20.7 Å². The first-order valence-corrected chi connectivity index (χ1v) is 14.3. The van der Waals surface area contributed by atoms with E-state index in [0.29, 0.717) is 23.3 Å². The first-order chi connectivity index (χ1) is 16.5. The molecule has 0 radical (unpaired) electrons. The van der Waals surface area contributed by atoms with Gasteiger partial charge in [0.25, 0.3) is 10.2 Å². The Balaban J connectivity index is 1.37. The minimum atomic E-state index is -5.12. The van der Waals surface area contributed by atoms with Crippen molar-refractivity contribution in [3.05, 3.63) is 48.5 Å². The minimum Gasteiger partial charge on any atom is -0.455 e. The summed E-state index contributed by atoms with van der Waals surface area (Å²) in [6, 6.07) is 11.6. The molecule has 4 bridgehead atoms. The molecule has 7 nitrogen and oxygen atoms in total. The van der Waals surface area contributed by atoms with Crippen LogP contribution in [-0.4, -0.2) is 24.8 Å². The average Bonchev–Trinajstić information content (AvgIpc) is 2.73. The highest BCUT2D eigenvalue weighted by atomic mass is 32.3. The van der Waals surface area contributed by atoms with Gasteiger partial charge in [0.05, 0.1) is 0 Å². The summed E-state index contributed by atoms with van der Waals surface area (Å²) >= 11 is 0. The fraction of sp³-hybridized carbons (Fsp3) is 0.458. The zero-order chi connectivity index (χ0) is 24.8. The van der Waals surface area contributed by atoms with E-state index in [4.69, 9.17) is 9.47 Å². The van der Waals surface area contributed by atoms with Gasteiger partial charge >= 0.3 is 10.5 Å². The molecule has 4 aliphatic carbocycles. The number of halogens is 2. The van der Waals surface area contributed by atoms with Crippen molar-refractivity contribution in [1.29, 1.82) is 0 Å². The van der Waals surface area contributed by atoms with Crippen molar-refractivity contribution in [2.24, 2.45) is 29.6 Å². The van der Waals surface area contributed by atoms with Gasteiger partial charge in [0, 0.05) is 11.8 Å².